The van der Waals surface area contributed by atoms with Crippen LogP contribution in [0.2, 0.25) is 0 Å². The lowest BCUT2D eigenvalue weighted by Gasteiger charge is -2.43. The van der Waals surface area contributed by atoms with Gasteiger partial charge in [0.1, 0.15) is 0 Å². The Hall–Kier alpha value is -2.69. The molecule has 3 fully saturated rings. The van der Waals surface area contributed by atoms with Gasteiger partial charge in [0.05, 0.1) is 5.41 Å². The van der Waals surface area contributed by atoms with Gasteiger partial charge in [-0.1, -0.05) is 43.2 Å². The Morgan fingerprint density at radius 2 is 1.82 bits per heavy atom. The number of fused-ring (bicyclic) bond motifs is 1. The second kappa shape index (κ2) is 8.92. The van der Waals surface area contributed by atoms with Crippen LogP contribution < -0.4 is 0 Å². The summed E-state index contributed by atoms with van der Waals surface area (Å²) < 4.78 is 0. The fourth-order valence-electron chi connectivity index (χ4n) is 6.60. The van der Waals surface area contributed by atoms with E-state index in [9.17, 15) is 9.59 Å². The van der Waals surface area contributed by atoms with Crippen molar-refractivity contribution in [3.8, 4) is 11.1 Å². The van der Waals surface area contributed by atoms with Gasteiger partial charge in [-0.05, 0) is 61.1 Å². The molecule has 0 N–H and O–H groups in total. The Kier molecular flexibility index (Phi) is 5.98. The highest BCUT2D eigenvalue weighted by molar-refractivity contribution is 5.87. The molecule has 1 aromatic carbocycles. The predicted molar refractivity (Wildman–Crippen MR) is 129 cm³/mol. The van der Waals surface area contributed by atoms with Crippen molar-refractivity contribution in [3.63, 3.8) is 0 Å². The number of carbonyl (C=O) groups excluding carboxylic acids is 2. The van der Waals surface area contributed by atoms with Crippen molar-refractivity contribution in [3.05, 3.63) is 54.4 Å². The molecule has 1 saturated heterocycles. The normalized spacial score (nSPS) is 28.7. The number of rotatable bonds is 5. The maximum absolute atomic E-state index is 13.7. The highest BCUT2D eigenvalue weighted by Crippen LogP contribution is 2.56. The van der Waals surface area contributed by atoms with Gasteiger partial charge in [0.2, 0.25) is 11.8 Å². The Labute approximate surface area is 197 Å². The maximum Gasteiger partial charge on any atom is 0.230 e. The Bertz CT molecular complexity index is 1010. The van der Waals surface area contributed by atoms with Crippen LogP contribution in [0.15, 0.2) is 48.8 Å². The van der Waals surface area contributed by atoms with E-state index in [0.717, 1.165) is 36.1 Å². The highest BCUT2D eigenvalue weighted by Gasteiger charge is 2.57. The molecular weight excluding hydrogens is 410 g/mol. The van der Waals surface area contributed by atoms with E-state index in [-0.39, 0.29) is 11.8 Å². The predicted octanol–water partition coefficient (Wildman–Crippen LogP) is 4.42. The van der Waals surface area contributed by atoms with E-state index in [1.54, 1.807) is 11.1 Å². The maximum atomic E-state index is 13.7. The summed E-state index contributed by atoms with van der Waals surface area (Å²) in [5, 5.41) is 0. The molecule has 1 aromatic heterocycles. The number of hydrogen-bond donors (Lipinski definition) is 0. The Morgan fingerprint density at radius 3 is 2.52 bits per heavy atom. The van der Waals surface area contributed by atoms with E-state index in [2.05, 4.69) is 23.2 Å². The zero-order valence-corrected chi connectivity index (χ0v) is 19.9. The second-order valence-corrected chi connectivity index (χ2v) is 10.6. The molecule has 3 aliphatic rings. The molecule has 33 heavy (non-hydrogen) atoms. The SMILES string of the molecule is CN(C)C(=O)[C@@]1(Cc2ccccc2-c2cccnc2)CCCN(C(=O)C2[C@H]3CCCC[C@@H]23)C1. The number of piperidine rings is 1. The van der Waals surface area contributed by atoms with Crippen LogP contribution in [-0.4, -0.2) is 53.8 Å². The average molecular weight is 446 g/mol. The van der Waals surface area contributed by atoms with Crippen molar-refractivity contribution in [2.45, 2.75) is 44.9 Å². The largest absolute Gasteiger partial charge is 0.348 e. The Morgan fingerprint density at radius 1 is 1.06 bits per heavy atom. The quantitative estimate of drug-likeness (QED) is 0.684. The smallest absolute Gasteiger partial charge is 0.230 e. The molecule has 1 aliphatic heterocycles. The summed E-state index contributed by atoms with van der Waals surface area (Å²) in [6.45, 7) is 1.31. The summed E-state index contributed by atoms with van der Waals surface area (Å²) in [7, 11) is 3.68. The summed E-state index contributed by atoms with van der Waals surface area (Å²) in [4.78, 5) is 35.3. The first kappa shape index (κ1) is 22.1. The summed E-state index contributed by atoms with van der Waals surface area (Å²) >= 11 is 0. The molecule has 2 saturated carbocycles. The zero-order chi connectivity index (χ0) is 23.0. The van der Waals surface area contributed by atoms with Crippen LogP contribution in [-0.2, 0) is 16.0 Å². The molecule has 5 nitrogen and oxygen atoms in total. The minimum absolute atomic E-state index is 0.134. The number of hydrogen-bond acceptors (Lipinski definition) is 3. The third-order valence-corrected chi connectivity index (χ3v) is 8.21. The van der Waals surface area contributed by atoms with E-state index in [1.165, 1.54) is 25.7 Å². The van der Waals surface area contributed by atoms with Crippen LogP contribution in [0.5, 0.6) is 0 Å². The van der Waals surface area contributed by atoms with Crippen LogP contribution in [0.3, 0.4) is 0 Å². The number of pyridine rings is 1. The van der Waals surface area contributed by atoms with E-state index in [1.807, 2.05) is 43.4 Å². The van der Waals surface area contributed by atoms with E-state index >= 15 is 0 Å². The van der Waals surface area contributed by atoms with Gasteiger partial charge in [-0.15, -0.1) is 0 Å². The van der Waals surface area contributed by atoms with Gasteiger partial charge in [0, 0.05) is 51.1 Å². The van der Waals surface area contributed by atoms with Gasteiger partial charge in [-0.3, -0.25) is 14.6 Å². The van der Waals surface area contributed by atoms with Crippen LogP contribution in [0.1, 0.15) is 44.1 Å². The molecule has 1 unspecified atom stereocenters. The molecule has 2 aliphatic carbocycles. The summed E-state index contributed by atoms with van der Waals surface area (Å²) in [6, 6.07) is 12.3. The fourth-order valence-corrected chi connectivity index (χ4v) is 6.60. The number of amides is 2. The average Bonchev–Trinajstić information content (AvgIpc) is 3.58. The summed E-state index contributed by atoms with van der Waals surface area (Å²) in [6.07, 6.45) is 10.9. The third-order valence-electron chi connectivity index (χ3n) is 8.21. The number of benzene rings is 1. The first-order chi connectivity index (χ1) is 16.0. The van der Waals surface area contributed by atoms with Crippen LogP contribution in [0.4, 0.5) is 0 Å². The van der Waals surface area contributed by atoms with Crippen LogP contribution >= 0.6 is 0 Å². The van der Waals surface area contributed by atoms with Gasteiger partial charge in [-0.25, -0.2) is 0 Å². The first-order valence-corrected chi connectivity index (χ1v) is 12.5. The second-order valence-electron chi connectivity index (χ2n) is 10.6. The topological polar surface area (TPSA) is 53.5 Å². The lowest BCUT2D eigenvalue weighted by molar-refractivity contribution is -0.148. The van der Waals surface area contributed by atoms with Crippen molar-refractivity contribution in [1.82, 2.24) is 14.8 Å². The van der Waals surface area contributed by atoms with Crippen molar-refractivity contribution in [2.75, 3.05) is 27.2 Å². The first-order valence-electron chi connectivity index (χ1n) is 12.5. The van der Waals surface area contributed by atoms with Crippen molar-refractivity contribution >= 4 is 11.8 Å². The fraction of sp³-hybridized carbons (Fsp3) is 0.536. The lowest BCUT2D eigenvalue weighted by atomic mass is 9.72. The molecule has 174 valence electrons. The monoisotopic (exact) mass is 445 g/mol. The molecule has 2 aromatic rings. The zero-order valence-electron chi connectivity index (χ0n) is 19.9. The van der Waals surface area contributed by atoms with E-state index in [0.29, 0.717) is 30.7 Å². The molecule has 2 heterocycles. The molecular formula is C28H35N3O2. The molecule has 5 heteroatoms. The summed E-state index contributed by atoms with van der Waals surface area (Å²) in [5.74, 6) is 1.84. The van der Waals surface area contributed by atoms with Crippen LogP contribution in [0.25, 0.3) is 11.1 Å². The van der Waals surface area contributed by atoms with Gasteiger partial charge in [0.25, 0.3) is 0 Å². The molecule has 4 atom stereocenters. The van der Waals surface area contributed by atoms with E-state index < -0.39 is 5.41 Å². The molecule has 2 amide bonds. The van der Waals surface area contributed by atoms with Crippen molar-refractivity contribution in [2.24, 2.45) is 23.2 Å². The van der Waals surface area contributed by atoms with Gasteiger partial charge < -0.3 is 9.80 Å². The number of likely N-dealkylation sites (tertiary alicyclic amines) is 1. The third kappa shape index (κ3) is 4.18. The number of carbonyl (C=O) groups is 2. The minimum atomic E-state index is -0.588. The number of aromatic nitrogens is 1. The molecule has 5 rings (SSSR count). The number of nitrogens with zero attached hydrogens (tertiary/aromatic N) is 3. The lowest BCUT2D eigenvalue weighted by Crippen LogP contribution is -2.54. The van der Waals surface area contributed by atoms with E-state index in [4.69, 9.17) is 0 Å². The minimum Gasteiger partial charge on any atom is -0.348 e. The molecule has 0 spiro atoms. The molecule has 0 bridgehead atoms. The molecule has 0 radical (unpaired) electrons. The van der Waals surface area contributed by atoms with Gasteiger partial charge in [0.15, 0.2) is 0 Å². The highest BCUT2D eigenvalue weighted by atomic mass is 16.2. The van der Waals surface area contributed by atoms with Gasteiger partial charge in [-0.2, -0.15) is 0 Å². The van der Waals surface area contributed by atoms with Crippen molar-refractivity contribution in [1.29, 1.82) is 0 Å². The standard InChI is InChI=1S/C28H35N3O2/c1-30(2)27(33)28(17-20-9-3-4-11-22(20)21-10-7-15-29-18-21)14-8-16-31(19-28)26(32)25-23-12-5-6-13-24(23)25/h3-4,7,9-11,15,18,23-25H,5-6,8,12-14,16-17,19H2,1-2H3/t23-,24+,25?,28-/m1/s1. The van der Waals surface area contributed by atoms with Crippen LogP contribution in [0, 0.1) is 23.2 Å². The van der Waals surface area contributed by atoms with Gasteiger partial charge >= 0.3 is 0 Å². The Balaban J connectivity index is 1.44. The summed E-state index contributed by atoms with van der Waals surface area (Å²) in [5.41, 5.74) is 2.74. The van der Waals surface area contributed by atoms with Crippen molar-refractivity contribution < 1.29 is 9.59 Å².